The Hall–Kier alpha value is -2.37. The maximum absolute atomic E-state index is 13.3. The van der Waals surface area contributed by atoms with Gasteiger partial charge in [0.15, 0.2) is 11.4 Å². The van der Waals surface area contributed by atoms with Crippen molar-refractivity contribution in [2.45, 2.75) is 6.43 Å². The highest BCUT2D eigenvalue weighted by molar-refractivity contribution is 7.15. The zero-order valence-corrected chi connectivity index (χ0v) is 12.3. The Bertz CT molecular complexity index is 850. The average molecular weight is 338 g/mol. The third-order valence-corrected chi connectivity index (χ3v) is 4.18. The van der Waals surface area contributed by atoms with E-state index in [0.29, 0.717) is 15.6 Å². The number of rotatable bonds is 3. The minimum atomic E-state index is -2.73. The molecule has 0 aliphatic heterocycles. The molecule has 0 radical (unpaired) electrons. The number of benzene rings is 1. The molecule has 0 atom stereocenters. The van der Waals surface area contributed by atoms with Gasteiger partial charge >= 0.3 is 0 Å². The number of nitriles is 1. The van der Waals surface area contributed by atoms with Crippen LogP contribution in [0.4, 0.5) is 8.78 Å². The van der Waals surface area contributed by atoms with Crippen LogP contribution in [0.3, 0.4) is 0 Å². The predicted octanol–water partition coefficient (Wildman–Crippen LogP) is 4.06. The minimum absolute atomic E-state index is 0.0225. The van der Waals surface area contributed by atoms with Gasteiger partial charge < -0.3 is 0 Å². The van der Waals surface area contributed by atoms with Crippen molar-refractivity contribution >= 4 is 22.9 Å². The van der Waals surface area contributed by atoms with Crippen LogP contribution < -0.4 is 0 Å². The Morgan fingerprint density at radius 3 is 2.55 bits per heavy atom. The number of thiazole rings is 1. The SMILES string of the molecule is N#Cc1n[nH]nc1-c1nc(-c2ccc(Cl)cc2)sc1C(F)F. The second kappa shape index (κ2) is 5.79. The Morgan fingerprint density at radius 2 is 1.91 bits per heavy atom. The van der Waals surface area contributed by atoms with Crippen LogP contribution in [-0.4, -0.2) is 20.4 Å². The van der Waals surface area contributed by atoms with Crippen molar-refractivity contribution in [3.63, 3.8) is 0 Å². The van der Waals surface area contributed by atoms with Gasteiger partial charge in [-0.05, 0) is 12.1 Å². The molecule has 0 spiro atoms. The van der Waals surface area contributed by atoms with E-state index in [0.717, 1.165) is 11.3 Å². The molecule has 2 heterocycles. The lowest BCUT2D eigenvalue weighted by Gasteiger charge is -1.96. The third kappa shape index (κ3) is 2.56. The molecule has 3 rings (SSSR count). The van der Waals surface area contributed by atoms with E-state index in [1.165, 1.54) is 0 Å². The first kappa shape index (κ1) is 14.6. The van der Waals surface area contributed by atoms with E-state index in [2.05, 4.69) is 20.4 Å². The number of alkyl halides is 2. The maximum Gasteiger partial charge on any atom is 0.275 e. The Morgan fingerprint density at radius 1 is 1.18 bits per heavy atom. The van der Waals surface area contributed by atoms with E-state index in [1.54, 1.807) is 30.3 Å². The highest BCUT2D eigenvalue weighted by atomic mass is 35.5. The molecule has 5 nitrogen and oxygen atoms in total. The van der Waals surface area contributed by atoms with Crippen LogP contribution in [0.5, 0.6) is 0 Å². The van der Waals surface area contributed by atoms with Crippen molar-refractivity contribution < 1.29 is 8.78 Å². The monoisotopic (exact) mass is 337 g/mol. The van der Waals surface area contributed by atoms with Crippen molar-refractivity contribution in [3.8, 4) is 28.0 Å². The summed E-state index contributed by atoms with van der Waals surface area (Å²) in [6.45, 7) is 0. The molecule has 3 aromatic rings. The molecule has 22 heavy (non-hydrogen) atoms. The molecule has 0 bridgehead atoms. The fourth-order valence-electron chi connectivity index (χ4n) is 1.84. The Balaban J connectivity index is 2.15. The number of hydrogen-bond donors (Lipinski definition) is 1. The first-order valence-corrected chi connectivity index (χ1v) is 7.15. The van der Waals surface area contributed by atoms with Gasteiger partial charge in [0.05, 0.1) is 0 Å². The summed E-state index contributed by atoms with van der Waals surface area (Å²) < 4.78 is 26.5. The van der Waals surface area contributed by atoms with Crippen molar-refractivity contribution in [1.82, 2.24) is 20.4 Å². The van der Waals surface area contributed by atoms with Crippen molar-refractivity contribution in [3.05, 3.63) is 39.9 Å². The zero-order chi connectivity index (χ0) is 15.7. The van der Waals surface area contributed by atoms with E-state index in [9.17, 15) is 8.78 Å². The van der Waals surface area contributed by atoms with Crippen LogP contribution in [0, 0.1) is 11.3 Å². The van der Waals surface area contributed by atoms with E-state index >= 15 is 0 Å². The lowest BCUT2D eigenvalue weighted by molar-refractivity contribution is 0.156. The predicted molar refractivity (Wildman–Crippen MR) is 77.6 cm³/mol. The van der Waals surface area contributed by atoms with Gasteiger partial charge in [-0.15, -0.1) is 16.4 Å². The van der Waals surface area contributed by atoms with Crippen molar-refractivity contribution in [2.75, 3.05) is 0 Å². The molecule has 0 saturated heterocycles. The smallest absolute Gasteiger partial charge is 0.234 e. The first-order valence-electron chi connectivity index (χ1n) is 5.96. The van der Waals surface area contributed by atoms with Gasteiger partial charge in [-0.2, -0.15) is 15.6 Å². The van der Waals surface area contributed by atoms with Crippen LogP contribution in [-0.2, 0) is 0 Å². The van der Waals surface area contributed by atoms with Gasteiger partial charge in [0, 0.05) is 10.6 Å². The number of nitrogens with one attached hydrogen (secondary N) is 1. The maximum atomic E-state index is 13.3. The lowest BCUT2D eigenvalue weighted by Crippen LogP contribution is -1.89. The lowest BCUT2D eigenvalue weighted by atomic mass is 10.2. The average Bonchev–Trinajstić information content (AvgIpc) is 3.14. The molecule has 9 heteroatoms. The van der Waals surface area contributed by atoms with Crippen LogP contribution in [0.15, 0.2) is 24.3 Å². The summed E-state index contributed by atoms with van der Waals surface area (Å²) >= 11 is 6.66. The van der Waals surface area contributed by atoms with Crippen LogP contribution in [0.2, 0.25) is 5.02 Å². The minimum Gasteiger partial charge on any atom is -0.234 e. The molecule has 0 aliphatic carbocycles. The largest absolute Gasteiger partial charge is 0.275 e. The second-order valence-electron chi connectivity index (χ2n) is 4.17. The summed E-state index contributed by atoms with van der Waals surface area (Å²) in [7, 11) is 0. The number of aromatic nitrogens is 4. The Labute approximate surface area is 132 Å². The van der Waals surface area contributed by atoms with E-state index in [-0.39, 0.29) is 22.0 Å². The van der Waals surface area contributed by atoms with Crippen LogP contribution in [0.1, 0.15) is 17.0 Å². The molecule has 0 aliphatic rings. The molecule has 1 aromatic carbocycles. The summed E-state index contributed by atoms with van der Waals surface area (Å²) in [6, 6.07) is 8.47. The van der Waals surface area contributed by atoms with Gasteiger partial charge in [0.2, 0.25) is 0 Å². The molecule has 110 valence electrons. The number of hydrogen-bond acceptors (Lipinski definition) is 5. The second-order valence-corrected chi connectivity index (χ2v) is 5.64. The molecule has 0 unspecified atom stereocenters. The van der Waals surface area contributed by atoms with Gasteiger partial charge in [0.1, 0.15) is 21.6 Å². The van der Waals surface area contributed by atoms with Crippen molar-refractivity contribution in [2.24, 2.45) is 0 Å². The summed E-state index contributed by atoms with van der Waals surface area (Å²) in [5, 5.41) is 19.5. The summed E-state index contributed by atoms with van der Waals surface area (Å²) in [6.07, 6.45) is -2.73. The highest BCUT2D eigenvalue weighted by Gasteiger charge is 2.25. The summed E-state index contributed by atoms with van der Waals surface area (Å²) in [5.74, 6) is 0. The fraction of sp³-hybridized carbons (Fsp3) is 0.0769. The number of H-pyrrole nitrogens is 1. The van der Waals surface area contributed by atoms with Crippen molar-refractivity contribution in [1.29, 1.82) is 5.26 Å². The van der Waals surface area contributed by atoms with Crippen LogP contribution in [0.25, 0.3) is 22.0 Å². The van der Waals surface area contributed by atoms with Gasteiger partial charge in [-0.1, -0.05) is 23.7 Å². The molecule has 0 fully saturated rings. The molecule has 1 N–H and O–H groups in total. The standard InChI is InChI=1S/C13H6ClF2N5S/c14-7-3-1-6(2-4-7)13-18-10(11(22-13)12(15)16)9-8(5-17)19-21-20-9/h1-4,12H,(H,19,20,21). The van der Waals surface area contributed by atoms with Gasteiger partial charge in [-0.3, -0.25) is 0 Å². The molecule has 2 aromatic heterocycles. The molecule has 0 saturated carbocycles. The molecular formula is C13H6ClF2N5S. The summed E-state index contributed by atoms with van der Waals surface area (Å²) in [5.41, 5.74) is 0.573. The quantitative estimate of drug-likeness (QED) is 0.781. The molecule has 0 amide bonds. The number of aromatic amines is 1. The first-order chi connectivity index (χ1) is 10.6. The van der Waals surface area contributed by atoms with Gasteiger partial charge in [0.25, 0.3) is 6.43 Å². The van der Waals surface area contributed by atoms with Gasteiger partial charge in [-0.25, -0.2) is 13.8 Å². The Kier molecular flexibility index (Phi) is 3.83. The topological polar surface area (TPSA) is 78.2 Å². The fourth-order valence-corrected chi connectivity index (χ4v) is 2.89. The van der Waals surface area contributed by atoms with E-state index in [4.69, 9.17) is 16.9 Å². The zero-order valence-electron chi connectivity index (χ0n) is 10.7. The number of nitrogens with zero attached hydrogens (tertiary/aromatic N) is 4. The van der Waals surface area contributed by atoms with E-state index in [1.807, 2.05) is 0 Å². The third-order valence-electron chi connectivity index (χ3n) is 2.82. The van der Waals surface area contributed by atoms with Crippen LogP contribution >= 0.6 is 22.9 Å². The summed E-state index contributed by atoms with van der Waals surface area (Å²) in [4.78, 5) is 3.95. The number of halogens is 3. The normalized spacial score (nSPS) is 10.9. The molecular weight excluding hydrogens is 332 g/mol. The van der Waals surface area contributed by atoms with E-state index < -0.39 is 6.43 Å². The highest BCUT2D eigenvalue weighted by Crippen LogP contribution is 2.39.